The molecule has 18 heavy (non-hydrogen) atoms. The van der Waals surface area contributed by atoms with Crippen molar-refractivity contribution in [2.45, 2.75) is 22.7 Å². The molecule has 0 unspecified atom stereocenters. The van der Waals surface area contributed by atoms with Crippen LogP contribution in [0, 0.1) is 0 Å². The number of aryl methyl sites for hydroxylation is 1. The van der Waals surface area contributed by atoms with Crippen molar-refractivity contribution in [1.82, 2.24) is 20.2 Å². The highest BCUT2D eigenvalue weighted by atomic mass is 32.2. The van der Waals surface area contributed by atoms with Gasteiger partial charge in [0.1, 0.15) is 15.4 Å². The summed E-state index contributed by atoms with van der Waals surface area (Å²) in [5.41, 5.74) is 7.45. The van der Waals surface area contributed by atoms with Crippen LogP contribution in [0.4, 0.5) is 5.95 Å². The lowest BCUT2D eigenvalue weighted by Crippen LogP contribution is -1.95. The largest absolute Gasteiger partial charge is 0.368 e. The summed E-state index contributed by atoms with van der Waals surface area (Å²) < 4.78 is 0.860. The van der Waals surface area contributed by atoms with Crippen molar-refractivity contribution in [3.8, 4) is 0 Å². The van der Waals surface area contributed by atoms with Crippen LogP contribution in [0.1, 0.15) is 11.8 Å². The molecule has 0 fully saturated rings. The molecule has 0 atom stereocenters. The van der Waals surface area contributed by atoms with Crippen molar-refractivity contribution >= 4 is 50.6 Å². The Morgan fingerprint density at radius 1 is 1.39 bits per heavy atom. The maximum Gasteiger partial charge on any atom is 0.222 e. The van der Waals surface area contributed by atoms with Crippen molar-refractivity contribution in [3.05, 3.63) is 16.5 Å². The Bertz CT molecular complexity index is 676. The molecular formula is C10H9N5S3. The van der Waals surface area contributed by atoms with E-state index < -0.39 is 0 Å². The first kappa shape index (κ1) is 11.8. The second-order valence-corrected chi connectivity index (χ2v) is 6.66. The third kappa shape index (κ3) is 2.18. The third-order valence-electron chi connectivity index (χ3n) is 2.30. The molecule has 0 saturated heterocycles. The molecule has 0 spiro atoms. The molecule has 0 amide bonds. The summed E-state index contributed by atoms with van der Waals surface area (Å²) >= 11 is 4.63. The van der Waals surface area contributed by atoms with Crippen LogP contribution in [-0.4, -0.2) is 20.2 Å². The Hall–Kier alpha value is -1.25. The SMILES string of the molecule is CCc1cc2c(Sc3nncs3)nc(N)nc2s1. The average Bonchev–Trinajstić information content (AvgIpc) is 2.97. The molecule has 0 aromatic carbocycles. The van der Waals surface area contributed by atoms with E-state index >= 15 is 0 Å². The second kappa shape index (κ2) is 4.79. The summed E-state index contributed by atoms with van der Waals surface area (Å²) in [6.45, 7) is 2.12. The van der Waals surface area contributed by atoms with Crippen molar-refractivity contribution in [1.29, 1.82) is 0 Å². The van der Waals surface area contributed by atoms with Gasteiger partial charge in [0.15, 0.2) is 4.34 Å². The zero-order valence-electron chi connectivity index (χ0n) is 9.45. The van der Waals surface area contributed by atoms with Gasteiger partial charge in [-0.05, 0) is 24.2 Å². The number of thiophene rings is 1. The number of nitrogens with two attached hydrogens (primary N) is 1. The first-order valence-corrected chi connectivity index (χ1v) is 7.77. The van der Waals surface area contributed by atoms with Gasteiger partial charge in [-0.2, -0.15) is 0 Å². The van der Waals surface area contributed by atoms with E-state index in [9.17, 15) is 0 Å². The molecule has 0 bridgehead atoms. The quantitative estimate of drug-likeness (QED) is 0.749. The van der Waals surface area contributed by atoms with Crippen molar-refractivity contribution in [3.63, 3.8) is 0 Å². The van der Waals surface area contributed by atoms with Gasteiger partial charge in [0.25, 0.3) is 0 Å². The molecule has 2 N–H and O–H groups in total. The normalized spacial score (nSPS) is 11.2. The molecule has 0 aliphatic rings. The maximum absolute atomic E-state index is 5.74. The van der Waals surface area contributed by atoms with Crippen LogP contribution in [0.3, 0.4) is 0 Å². The van der Waals surface area contributed by atoms with Crippen LogP contribution < -0.4 is 5.73 Å². The number of nitrogen functional groups attached to an aromatic ring is 1. The van der Waals surface area contributed by atoms with Crippen LogP contribution in [-0.2, 0) is 6.42 Å². The molecule has 0 aliphatic carbocycles. The first-order valence-electron chi connectivity index (χ1n) is 5.26. The minimum Gasteiger partial charge on any atom is -0.368 e. The van der Waals surface area contributed by atoms with Crippen molar-refractivity contribution in [2.75, 3.05) is 5.73 Å². The van der Waals surface area contributed by atoms with Crippen LogP contribution in [0.2, 0.25) is 0 Å². The Balaban J connectivity index is 2.11. The molecule has 3 rings (SSSR count). The van der Waals surface area contributed by atoms with E-state index in [2.05, 4.69) is 33.2 Å². The van der Waals surface area contributed by atoms with Crippen LogP contribution in [0.5, 0.6) is 0 Å². The minimum absolute atomic E-state index is 0.305. The summed E-state index contributed by atoms with van der Waals surface area (Å²) in [5.74, 6) is 0.305. The van der Waals surface area contributed by atoms with E-state index in [-0.39, 0.29) is 0 Å². The molecule has 0 saturated carbocycles. The summed E-state index contributed by atoms with van der Waals surface area (Å²) in [6, 6.07) is 2.13. The lowest BCUT2D eigenvalue weighted by Gasteiger charge is -1.99. The number of aromatic nitrogens is 4. The number of rotatable bonds is 3. The third-order valence-corrected chi connectivity index (χ3v) is 5.25. The smallest absolute Gasteiger partial charge is 0.222 e. The van der Waals surface area contributed by atoms with E-state index in [4.69, 9.17) is 5.73 Å². The van der Waals surface area contributed by atoms with E-state index in [1.165, 1.54) is 28.0 Å². The van der Waals surface area contributed by atoms with Gasteiger partial charge in [0.2, 0.25) is 5.95 Å². The highest BCUT2D eigenvalue weighted by Crippen LogP contribution is 2.36. The number of nitrogens with zero attached hydrogens (tertiary/aromatic N) is 4. The van der Waals surface area contributed by atoms with E-state index in [1.54, 1.807) is 16.8 Å². The summed E-state index contributed by atoms with van der Waals surface area (Å²) in [4.78, 5) is 10.8. The zero-order valence-corrected chi connectivity index (χ0v) is 11.9. The molecule has 0 aliphatic heterocycles. The van der Waals surface area contributed by atoms with E-state index in [1.807, 2.05) is 0 Å². The Labute approximate surface area is 115 Å². The monoisotopic (exact) mass is 295 g/mol. The van der Waals surface area contributed by atoms with Gasteiger partial charge in [-0.15, -0.1) is 21.5 Å². The number of hydrogen-bond acceptors (Lipinski definition) is 8. The fraction of sp³-hybridized carbons (Fsp3) is 0.200. The Kier molecular flexibility index (Phi) is 3.14. The standard InChI is InChI=1S/C10H9N5S3/c1-2-5-3-6-7(17-5)13-9(11)14-8(6)18-10-15-12-4-16-10/h3-4H,2H2,1H3,(H2,11,13,14). The zero-order chi connectivity index (χ0) is 12.5. The summed E-state index contributed by atoms with van der Waals surface area (Å²) in [7, 11) is 0. The predicted molar refractivity (Wildman–Crippen MR) is 75.2 cm³/mol. The summed E-state index contributed by atoms with van der Waals surface area (Å²) in [5, 5.41) is 9.73. The highest BCUT2D eigenvalue weighted by Gasteiger charge is 2.12. The lowest BCUT2D eigenvalue weighted by atomic mass is 10.3. The van der Waals surface area contributed by atoms with Gasteiger partial charge in [-0.3, -0.25) is 0 Å². The number of hydrogen-bond donors (Lipinski definition) is 1. The molecule has 5 nitrogen and oxygen atoms in total. The maximum atomic E-state index is 5.74. The fourth-order valence-electron chi connectivity index (χ4n) is 1.50. The molecule has 8 heteroatoms. The lowest BCUT2D eigenvalue weighted by molar-refractivity contribution is 1.01. The van der Waals surface area contributed by atoms with Crippen LogP contribution in [0.15, 0.2) is 20.9 Å². The Morgan fingerprint density at radius 2 is 2.28 bits per heavy atom. The second-order valence-electron chi connectivity index (χ2n) is 3.48. The van der Waals surface area contributed by atoms with E-state index in [0.717, 1.165) is 26.0 Å². The molecule has 3 aromatic rings. The Morgan fingerprint density at radius 3 is 3.00 bits per heavy atom. The van der Waals surface area contributed by atoms with E-state index in [0.29, 0.717) is 5.95 Å². The number of anilines is 1. The highest BCUT2D eigenvalue weighted by molar-refractivity contribution is 8.01. The van der Waals surface area contributed by atoms with Gasteiger partial charge in [-0.1, -0.05) is 18.3 Å². The van der Waals surface area contributed by atoms with Gasteiger partial charge >= 0.3 is 0 Å². The molecular weight excluding hydrogens is 286 g/mol. The molecule has 3 aromatic heterocycles. The fourth-order valence-corrected chi connectivity index (χ4v) is 4.04. The van der Waals surface area contributed by atoms with Crippen LogP contribution >= 0.6 is 34.4 Å². The van der Waals surface area contributed by atoms with Gasteiger partial charge in [0, 0.05) is 10.3 Å². The average molecular weight is 295 g/mol. The molecule has 0 radical (unpaired) electrons. The van der Waals surface area contributed by atoms with Crippen LogP contribution in [0.25, 0.3) is 10.2 Å². The molecule has 3 heterocycles. The van der Waals surface area contributed by atoms with Gasteiger partial charge < -0.3 is 5.73 Å². The number of fused-ring (bicyclic) bond motifs is 1. The summed E-state index contributed by atoms with van der Waals surface area (Å²) in [6.07, 6.45) is 0.990. The minimum atomic E-state index is 0.305. The van der Waals surface area contributed by atoms with Gasteiger partial charge in [-0.25, -0.2) is 9.97 Å². The predicted octanol–water partition coefficient (Wildman–Crippen LogP) is 2.84. The van der Waals surface area contributed by atoms with Gasteiger partial charge in [0.05, 0.1) is 0 Å². The van der Waals surface area contributed by atoms with Crippen molar-refractivity contribution < 1.29 is 0 Å². The topological polar surface area (TPSA) is 77.6 Å². The first-order chi connectivity index (χ1) is 8.76. The van der Waals surface area contributed by atoms with Crippen molar-refractivity contribution in [2.24, 2.45) is 0 Å². The molecule has 92 valence electrons.